The molecule has 1 aromatic rings. The second-order valence-corrected chi connectivity index (χ2v) is 4.14. The van der Waals surface area contributed by atoms with E-state index in [1.54, 1.807) is 6.20 Å². The molecule has 16 heavy (non-hydrogen) atoms. The highest BCUT2D eigenvalue weighted by molar-refractivity contribution is 6.31. The van der Waals surface area contributed by atoms with Crippen LogP contribution in [0.1, 0.15) is 38.4 Å². The normalized spacial score (nSPS) is 12.7. The van der Waals surface area contributed by atoms with Gasteiger partial charge in [0.1, 0.15) is 0 Å². The highest BCUT2D eigenvalue weighted by atomic mass is 35.5. The molecule has 1 N–H and O–H groups in total. The monoisotopic (exact) mass is 241 g/mol. The number of nitrogens with zero attached hydrogens (tertiary/aromatic N) is 2. The van der Waals surface area contributed by atoms with E-state index in [0.717, 1.165) is 36.6 Å². The van der Waals surface area contributed by atoms with Crippen molar-refractivity contribution in [3.05, 3.63) is 29.6 Å². The van der Waals surface area contributed by atoms with Gasteiger partial charge < -0.3 is 5.32 Å². The summed E-state index contributed by atoms with van der Waals surface area (Å²) in [5.41, 5.74) is 1.07. The summed E-state index contributed by atoms with van der Waals surface area (Å²) in [7, 11) is 0. The van der Waals surface area contributed by atoms with Gasteiger partial charge in [0.2, 0.25) is 0 Å². The Bertz CT molecular complexity index is 333. The number of aromatic nitrogens is 2. The molecule has 0 fully saturated rings. The van der Waals surface area contributed by atoms with E-state index >= 15 is 0 Å². The molecule has 0 saturated carbocycles. The van der Waals surface area contributed by atoms with Crippen LogP contribution in [0.25, 0.3) is 0 Å². The van der Waals surface area contributed by atoms with Crippen molar-refractivity contribution in [2.45, 2.75) is 39.3 Å². The van der Waals surface area contributed by atoms with E-state index in [1.807, 2.05) is 10.8 Å². The van der Waals surface area contributed by atoms with Gasteiger partial charge in [-0.15, -0.1) is 6.58 Å². The first-order valence-electron chi connectivity index (χ1n) is 5.80. The van der Waals surface area contributed by atoms with Crippen molar-refractivity contribution in [3.8, 4) is 0 Å². The first kappa shape index (κ1) is 13.3. The van der Waals surface area contributed by atoms with Crippen molar-refractivity contribution in [1.82, 2.24) is 15.1 Å². The zero-order chi connectivity index (χ0) is 12.0. The van der Waals surface area contributed by atoms with E-state index < -0.39 is 0 Å². The lowest BCUT2D eigenvalue weighted by molar-refractivity contribution is 0.483. The molecule has 0 radical (unpaired) electrons. The molecule has 1 aromatic heterocycles. The molecule has 0 aliphatic rings. The fourth-order valence-electron chi connectivity index (χ4n) is 1.81. The molecule has 0 saturated heterocycles. The van der Waals surface area contributed by atoms with Crippen LogP contribution in [0.4, 0.5) is 0 Å². The first-order chi connectivity index (χ1) is 7.74. The van der Waals surface area contributed by atoms with Gasteiger partial charge in [-0.25, -0.2) is 0 Å². The van der Waals surface area contributed by atoms with Crippen molar-refractivity contribution in [3.63, 3.8) is 0 Å². The number of halogens is 1. The quantitative estimate of drug-likeness (QED) is 0.744. The average Bonchev–Trinajstić information content (AvgIpc) is 2.60. The van der Waals surface area contributed by atoms with Crippen molar-refractivity contribution in [2.24, 2.45) is 0 Å². The van der Waals surface area contributed by atoms with Crippen molar-refractivity contribution in [1.29, 1.82) is 0 Å². The molecule has 0 aromatic carbocycles. The number of hydrogen-bond acceptors (Lipinski definition) is 2. The van der Waals surface area contributed by atoms with Gasteiger partial charge in [0.05, 0.1) is 23.0 Å². The maximum absolute atomic E-state index is 6.19. The second kappa shape index (κ2) is 6.71. The fourth-order valence-corrected chi connectivity index (χ4v) is 2.09. The molecule has 1 unspecified atom stereocenters. The third-order valence-electron chi connectivity index (χ3n) is 2.45. The Balaban J connectivity index is 2.95. The van der Waals surface area contributed by atoms with Crippen molar-refractivity contribution >= 4 is 11.6 Å². The summed E-state index contributed by atoms with van der Waals surface area (Å²) in [4.78, 5) is 0. The van der Waals surface area contributed by atoms with Crippen LogP contribution < -0.4 is 5.32 Å². The van der Waals surface area contributed by atoms with Gasteiger partial charge in [0.15, 0.2) is 0 Å². The summed E-state index contributed by atoms with van der Waals surface area (Å²) in [6.45, 7) is 9.82. The molecule has 0 aliphatic carbocycles. The molecule has 1 heterocycles. The summed E-state index contributed by atoms with van der Waals surface area (Å²) >= 11 is 6.19. The van der Waals surface area contributed by atoms with E-state index in [4.69, 9.17) is 11.6 Å². The smallest absolute Gasteiger partial charge is 0.0834 e. The number of aryl methyl sites for hydroxylation is 1. The van der Waals surface area contributed by atoms with Crippen LogP contribution in [-0.4, -0.2) is 16.3 Å². The lowest BCUT2D eigenvalue weighted by atomic mass is 10.1. The van der Waals surface area contributed by atoms with Gasteiger partial charge >= 0.3 is 0 Å². The Hall–Kier alpha value is -0.800. The van der Waals surface area contributed by atoms with Crippen molar-refractivity contribution < 1.29 is 0 Å². The van der Waals surface area contributed by atoms with E-state index in [-0.39, 0.29) is 6.04 Å². The summed E-state index contributed by atoms with van der Waals surface area (Å²) in [6, 6.07) is 0.212. The lowest BCUT2D eigenvalue weighted by Crippen LogP contribution is -2.23. The van der Waals surface area contributed by atoms with Crippen LogP contribution >= 0.6 is 11.6 Å². The molecule has 90 valence electrons. The predicted molar refractivity (Wildman–Crippen MR) is 68.8 cm³/mol. The van der Waals surface area contributed by atoms with E-state index in [0.29, 0.717) is 0 Å². The van der Waals surface area contributed by atoms with Gasteiger partial charge in [0, 0.05) is 6.54 Å². The molecule has 1 rings (SSSR count). The minimum absolute atomic E-state index is 0.212. The van der Waals surface area contributed by atoms with E-state index in [1.165, 1.54) is 0 Å². The van der Waals surface area contributed by atoms with Gasteiger partial charge in [-0.05, 0) is 19.4 Å². The third kappa shape index (κ3) is 3.09. The van der Waals surface area contributed by atoms with Crippen LogP contribution in [0.2, 0.25) is 5.02 Å². The first-order valence-corrected chi connectivity index (χ1v) is 6.17. The minimum atomic E-state index is 0.212. The minimum Gasteiger partial charge on any atom is -0.309 e. The fraction of sp³-hybridized carbons (Fsp3) is 0.583. The molecule has 1 atom stereocenters. The van der Waals surface area contributed by atoms with Gasteiger partial charge in [-0.2, -0.15) is 5.10 Å². The zero-order valence-corrected chi connectivity index (χ0v) is 10.8. The Labute approximate surface area is 102 Å². The number of rotatable bonds is 7. The molecule has 0 amide bonds. The van der Waals surface area contributed by atoms with E-state index in [2.05, 4.69) is 30.8 Å². The molecule has 0 aliphatic heterocycles. The topological polar surface area (TPSA) is 29.9 Å². The summed E-state index contributed by atoms with van der Waals surface area (Å²) in [5.74, 6) is 0. The molecule has 0 bridgehead atoms. The lowest BCUT2D eigenvalue weighted by Gasteiger charge is -2.18. The molecule has 3 nitrogen and oxygen atoms in total. The largest absolute Gasteiger partial charge is 0.309 e. The molecule has 0 spiro atoms. The van der Waals surface area contributed by atoms with Crippen LogP contribution in [-0.2, 0) is 6.54 Å². The van der Waals surface area contributed by atoms with Crippen LogP contribution in [0, 0.1) is 0 Å². The molecular formula is C12H20ClN3. The van der Waals surface area contributed by atoms with Crippen LogP contribution in [0.15, 0.2) is 18.9 Å². The maximum Gasteiger partial charge on any atom is 0.0834 e. The highest BCUT2D eigenvalue weighted by Crippen LogP contribution is 2.25. The highest BCUT2D eigenvalue weighted by Gasteiger charge is 2.17. The Morgan fingerprint density at radius 2 is 2.38 bits per heavy atom. The standard InChI is InChI=1S/C12H20ClN3/c1-4-7-11(14-6-3)12-10(13)9-15-16(12)8-5-2/h4,9,11,14H,1,5-8H2,2-3H3. The molecular weight excluding hydrogens is 222 g/mol. The predicted octanol–water partition coefficient (Wildman–Crippen LogP) is 3.17. The average molecular weight is 242 g/mol. The Morgan fingerprint density at radius 3 is 2.94 bits per heavy atom. The number of hydrogen-bond donors (Lipinski definition) is 1. The van der Waals surface area contributed by atoms with Crippen LogP contribution in [0.3, 0.4) is 0 Å². The zero-order valence-electron chi connectivity index (χ0n) is 10.0. The summed E-state index contributed by atoms with van der Waals surface area (Å²) in [5, 5.41) is 8.45. The SMILES string of the molecule is C=CCC(NCC)c1c(Cl)cnn1CCC. The van der Waals surface area contributed by atoms with Gasteiger partial charge in [0.25, 0.3) is 0 Å². The third-order valence-corrected chi connectivity index (χ3v) is 2.74. The molecule has 4 heteroatoms. The second-order valence-electron chi connectivity index (χ2n) is 3.74. The van der Waals surface area contributed by atoms with Crippen LogP contribution in [0.5, 0.6) is 0 Å². The van der Waals surface area contributed by atoms with E-state index in [9.17, 15) is 0 Å². The van der Waals surface area contributed by atoms with Crippen molar-refractivity contribution in [2.75, 3.05) is 6.54 Å². The number of nitrogens with one attached hydrogen (secondary N) is 1. The summed E-state index contributed by atoms with van der Waals surface area (Å²) in [6.07, 6.45) is 5.55. The van der Waals surface area contributed by atoms with Gasteiger partial charge in [-0.3, -0.25) is 4.68 Å². The summed E-state index contributed by atoms with van der Waals surface area (Å²) < 4.78 is 1.99. The Kier molecular flexibility index (Phi) is 5.56. The Morgan fingerprint density at radius 1 is 1.62 bits per heavy atom. The maximum atomic E-state index is 6.19. The van der Waals surface area contributed by atoms with Gasteiger partial charge in [-0.1, -0.05) is 31.5 Å².